The third-order valence-electron chi connectivity index (χ3n) is 5.24. The minimum atomic E-state index is -1.52. The van der Waals surface area contributed by atoms with Crippen molar-refractivity contribution in [3.63, 3.8) is 0 Å². The highest BCUT2D eigenvalue weighted by molar-refractivity contribution is 7.91. The van der Waals surface area contributed by atoms with E-state index in [2.05, 4.69) is 5.32 Å². The van der Waals surface area contributed by atoms with E-state index in [9.17, 15) is 24.3 Å². The van der Waals surface area contributed by atoms with E-state index >= 15 is 0 Å². The number of nitro groups is 1. The van der Waals surface area contributed by atoms with E-state index in [4.69, 9.17) is 9.47 Å². The number of hydrogen-bond acceptors (Lipinski definition) is 8. The highest BCUT2D eigenvalue weighted by Crippen LogP contribution is 2.40. The van der Waals surface area contributed by atoms with Gasteiger partial charge in [-0.1, -0.05) is 30.3 Å². The van der Waals surface area contributed by atoms with E-state index in [1.54, 1.807) is 50.2 Å². The van der Waals surface area contributed by atoms with Crippen LogP contribution < -0.4 is 5.32 Å². The van der Waals surface area contributed by atoms with Crippen LogP contribution in [0.1, 0.15) is 25.3 Å². The number of methoxy groups -OCH3 is 1. The van der Waals surface area contributed by atoms with Crippen LogP contribution in [0.2, 0.25) is 0 Å². The van der Waals surface area contributed by atoms with Crippen LogP contribution in [0.25, 0.3) is 0 Å². The molecule has 2 aromatic rings. The van der Waals surface area contributed by atoms with Crippen molar-refractivity contribution >= 4 is 28.8 Å². The Morgan fingerprint density at radius 2 is 1.79 bits per heavy atom. The Kier molecular flexibility index (Phi) is 8.08. The number of allylic oxidation sites excluding steroid dienone is 1. The fourth-order valence-corrected chi connectivity index (χ4v) is 4.90. The lowest BCUT2D eigenvalue weighted by atomic mass is 9.80. The van der Waals surface area contributed by atoms with Crippen molar-refractivity contribution in [3.8, 4) is 0 Å². The number of non-ortho nitro benzene ring substituents is 1. The van der Waals surface area contributed by atoms with Gasteiger partial charge in [-0.05, 0) is 42.7 Å². The molecule has 34 heavy (non-hydrogen) atoms. The highest BCUT2D eigenvalue weighted by atomic mass is 32.2. The number of nitro benzene ring substituents is 1. The molecular formula is C24H24N2O7S. The largest absolute Gasteiger partial charge is 0.611 e. The zero-order chi connectivity index (χ0) is 24.8. The molecule has 0 amide bonds. The molecule has 0 saturated heterocycles. The first kappa shape index (κ1) is 25.0. The average Bonchev–Trinajstić information content (AvgIpc) is 2.83. The molecule has 178 valence electrons. The zero-order valence-electron chi connectivity index (χ0n) is 18.9. The Labute approximate surface area is 199 Å². The van der Waals surface area contributed by atoms with Gasteiger partial charge in [-0.25, -0.2) is 9.59 Å². The summed E-state index contributed by atoms with van der Waals surface area (Å²) in [6, 6.07) is 14.4. The Hall–Kier alpha value is -3.63. The Bertz CT molecular complexity index is 1160. The molecule has 3 rings (SSSR count). The van der Waals surface area contributed by atoms with Crippen molar-refractivity contribution < 1.29 is 28.5 Å². The van der Waals surface area contributed by atoms with Crippen LogP contribution in [-0.2, 0) is 30.2 Å². The lowest BCUT2D eigenvalue weighted by molar-refractivity contribution is -0.384. The standard InChI is InChI=1S/C24H24N2O7S/c1-4-33-24(28)22-19(14-34(31)18-11-6-5-7-12-18)25-15(2)20(23(27)32-3)21(22)16-9-8-10-17(13-16)26(29)30/h5-13,21,25H,4,14H2,1-3H3. The molecule has 1 aliphatic heterocycles. The third kappa shape index (κ3) is 5.29. The molecule has 0 bridgehead atoms. The van der Waals surface area contributed by atoms with Gasteiger partial charge < -0.3 is 19.3 Å². The summed E-state index contributed by atoms with van der Waals surface area (Å²) in [5, 5.41) is 14.4. The molecule has 2 unspecified atom stereocenters. The van der Waals surface area contributed by atoms with Gasteiger partial charge in [0.05, 0.1) is 41.4 Å². The number of benzene rings is 2. The maximum atomic E-state index is 13.2. The smallest absolute Gasteiger partial charge is 0.336 e. The van der Waals surface area contributed by atoms with Gasteiger partial charge in [0.1, 0.15) is 0 Å². The molecule has 9 nitrogen and oxygen atoms in total. The number of nitrogens with zero attached hydrogens (tertiary/aromatic N) is 1. The topological polar surface area (TPSA) is 131 Å². The second kappa shape index (κ2) is 11.0. The Morgan fingerprint density at radius 3 is 2.41 bits per heavy atom. The fraction of sp³-hybridized carbons (Fsp3) is 0.250. The van der Waals surface area contributed by atoms with Gasteiger partial charge in [-0.2, -0.15) is 0 Å². The number of carbonyl (C=O) groups excluding carboxylic acids is 2. The van der Waals surface area contributed by atoms with Gasteiger partial charge in [0.25, 0.3) is 5.69 Å². The first-order valence-corrected chi connectivity index (χ1v) is 11.7. The Balaban J connectivity index is 2.21. The minimum absolute atomic E-state index is 0.0534. The highest BCUT2D eigenvalue weighted by Gasteiger charge is 2.40. The molecule has 0 spiro atoms. The van der Waals surface area contributed by atoms with Crippen LogP contribution >= 0.6 is 0 Å². The number of dihydropyridines is 1. The average molecular weight is 485 g/mol. The molecule has 10 heteroatoms. The van der Waals surface area contributed by atoms with Gasteiger partial charge in [-0.15, -0.1) is 0 Å². The predicted octanol–water partition coefficient (Wildman–Crippen LogP) is 3.35. The summed E-state index contributed by atoms with van der Waals surface area (Å²) in [6.45, 7) is 3.33. The number of hydrogen-bond donors (Lipinski definition) is 1. The monoisotopic (exact) mass is 484 g/mol. The van der Waals surface area contributed by atoms with E-state index in [-0.39, 0.29) is 29.2 Å². The molecule has 1 aliphatic rings. The summed E-state index contributed by atoms with van der Waals surface area (Å²) in [4.78, 5) is 37.3. The lowest BCUT2D eigenvalue weighted by Crippen LogP contribution is -2.35. The van der Waals surface area contributed by atoms with Gasteiger partial charge in [0.15, 0.2) is 10.6 Å². The molecule has 2 aromatic carbocycles. The fourth-order valence-electron chi connectivity index (χ4n) is 3.78. The van der Waals surface area contributed by atoms with Gasteiger partial charge in [0.2, 0.25) is 0 Å². The number of rotatable bonds is 8. The van der Waals surface area contributed by atoms with Crippen molar-refractivity contribution in [2.45, 2.75) is 24.7 Å². The summed E-state index contributed by atoms with van der Waals surface area (Å²) >= 11 is -1.52. The van der Waals surface area contributed by atoms with E-state index in [1.165, 1.54) is 25.3 Å². The second-order valence-electron chi connectivity index (χ2n) is 7.36. The van der Waals surface area contributed by atoms with Crippen LogP contribution in [0.3, 0.4) is 0 Å². The summed E-state index contributed by atoms with van der Waals surface area (Å²) in [7, 11) is 1.21. The number of nitrogens with one attached hydrogen (secondary N) is 1. The zero-order valence-corrected chi connectivity index (χ0v) is 19.7. The Morgan fingerprint density at radius 1 is 1.09 bits per heavy atom. The van der Waals surface area contributed by atoms with Crippen molar-refractivity contribution in [2.24, 2.45) is 0 Å². The van der Waals surface area contributed by atoms with Crippen LogP contribution in [0.4, 0.5) is 5.69 Å². The van der Waals surface area contributed by atoms with Crippen LogP contribution in [0.5, 0.6) is 0 Å². The van der Waals surface area contributed by atoms with Crippen molar-refractivity contribution in [1.29, 1.82) is 0 Å². The van der Waals surface area contributed by atoms with E-state index in [0.717, 1.165) is 0 Å². The summed E-state index contributed by atoms with van der Waals surface area (Å²) in [5.41, 5.74) is 0.994. The number of carbonyl (C=O) groups is 2. The maximum absolute atomic E-state index is 13.2. The maximum Gasteiger partial charge on any atom is 0.336 e. The van der Waals surface area contributed by atoms with E-state index in [0.29, 0.717) is 21.9 Å². The quantitative estimate of drug-likeness (QED) is 0.261. The predicted molar refractivity (Wildman–Crippen MR) is 125 cm³/mol. The first-order chi connectivity index (χ1) is 16.3. The molecular weight excluding hydrogens is 460 g/mol. The van der Waals surface area contributed by atoms with E-state index < -0.39 is 34.0 Å². The molecule has 1 N–H and O–H groups in total. The van der Waals surface area contributed by atoms with Crippen LogP contribution in [-0.4, -0.2) is 40.9 Å². The van der Waals surface area contributed by atoms with Crippen molar-refractivity contribution in [2.75, 3.05) is 19.5 Å². The summed E-state index contributed by atoms with van der Waals surface area (Å²) in [6.07, 6.45) is 0. The second-order valence-corrected chi connectivity index (χ2v) is 8.81. The van der Waals surface area contributed by atoms with Gasteiger partial charge in [0, 0.05) is 17.8 Å². The molecule has 0 aliphatic carbocycles. The molecule has 0 fully saturated rings. The molecule has 0 radical (unpaired) electrons. The minimum Gasteiger partial charge on any atom is -0.611 e. The normalized spacial score (nSPS) is 16.5. The van der Waals surface area contributed by atoms with Crippen molar-refractivity contribution in [1.82, 2.24) is 5.32 Å². The van der Waals surface area contributed by atoms with Gasteiger partial charge in [-0.3, -0.25) is 10.1 Å². The summed E-state index contributed by atoms with van der Waals surface area (Å²) < 4.78 is 23.3. The third-order valence-corrected chi connectivity index (χ3v) is 6.59. The molecule has 2 atom stereocenters. The summed E-state index contributed by atoms with van der Waals surface area (Å²) in [5.74, 6) is -2.50. The van der Waals surface area contributed by atoms with Crippen LogP contribution in [0.15, 0.2) is 82.0 Å². The molecule has 0 aromatic heterocycles. The SMILES string of the molecule is CCOC(=O)C1=C(C[S+]([O-])c2ccccc2)NC(C)=C(C(=O)OC)C1c1cccc([N+](=O)[O-])c1. The van der Waals surface area contributed by atoms with E-state index in [1.807, 2.05) is 0 Å². The van der Waals surface area contributed by atoms with Crippen LogP contribution in [0, 0.1) is 10.1 Å². The van der Waals surface area contributed by atoms with Gasteiger partial charge >= 0.3 is 11.9 Å². The molecule has 1 heterocycles. The number of esters is 2. The van der Waals surface area contributed by atoms with Crippen molar-refractivity contribution in [3.05, 3.63) is 92.8 Å². The lowest BCUT2D eigenvalue weighted by Gasteiger charge is -2.31. The molecule has 0 saturated carbocycles. The first-order valence-electron chi connectivity index (χ1n) is 10.4. The number of ether oxygens (including phenoxy) is 2.